The van der Waals surface area contributed by atoms with Gasteiger partial charge in [-0.25, -0.2) is 0 Å². The molecule has 0 aliphatic heterocycles. The number of nitrogens with zero attached hydrogens (tertiary/aromatic N) is 4. The molecule has 2 heterocycles. The van der Waals surface area contributed by atoms with Crippen LogP contribution in [0.2, 0.25) is 0 Å². The molecule has 0 aliphatic carbocycles. The molecule has 0 radical (unpaired) electrons. The number of pyridine rings is 1. The van der Waals surface area contributed by atoms with Crippen molar-refractivity contribution < 1.29 is 4.92 Å². The zero-order valence-electron chi connectivity index (χ0n) is 11.8. The Labute approximate surface area is 126 Å². The molecule has 2 N–H and O–H groups in total. The standard InChI is InChI=1S/C15H15N5O2/c16-7-1-9-19-14-6-8-17-10-13(14)15(18-19)11-2-4-12(5-3-11)20(21)22/h2-6,8,10H,1,7,9,16H2. The first-order valence-corrected chi connectivity index (χ1v) is 6.96. The predicted molar refractivity (Wildman–Crippen MR) is 83.3 cm³/mol. The lowest BCUT2D eigenvalue weighted by Crippen LogP contribution is -2.06. The van der Waals surface area contributed by atoms with Gasteiger partial charge in [0.15, 0.2) is 0 Å². The molecule has 0 amide bonds. The molecule has 2 aromatic heterocycles. The van der Waals surface area contributed by atoms with E-state index in [1.54, 1.807) is 24.5 Å². The molecule has 112 valence electrons. The second-order valence-electron chi connectivity index (χ2n) is 4.91. The molecule has 0 fully saturated rings. The van der Waals surface area contributed by atoms with Crippen molar-refractivity contribution in [2.45, 2.75) is 13.0 Å². The Kier molecular flexibility index (Phi) is 3.80. The summed E-state index contributed by atoms with van der Waals surface area (Å²) < 4.78 is 1.90. The summed E-state index contributed by atoms with van der Waals surface area (Å²) in [4.78, 5) is 14.5. The predicted octanol–water partition coefficient (Wildman–Crippen LogP) is 2.36. The van der Waals surface area contributed by atoms with Crippen LogP contribution in [0.25, 0.3) is 22.2 Å². The normalized spacial score (nSPS) is 11.0. The average molecular weight is 297 g/mol. The molecular formula is C15H15N5O2. The zero-order chi connectivity index (χ0) is 15.5. The third-order valence-electron chi connectivity index (χ3n) is 3.48. The lowest BCUT2D eigenvalue weighted by Gasteiger charge is -2.00. The van der Waals surface area contributed by atoms with Crippen LogP contribution in [0, 0.1) is 10.1 Å². The highest BCUT2D eigenvalue weighted by atomic mass is 16.6. The summed E-state index contributed by atoms with van der Waals surface area (Å²) in [7, 11) is 0. The zero-order valence-corrected chi connectivity index (χ0v) is 11.8. The molecule has 7 heteroatoms. The number of fused-ring (bicyclic) bond motifs is 1. The molecule has 0 saturated heterocycles. The van der Waals surface area contributed by atoms with Gasteiger partial charge in [-0.1, -0.05) is 0 Å². The molecule has 0 spiro atoms. The van der Waals surface area contributed by atoms with E-state index >= 15 is 0 Å². The van der Waals surface area contributed by atoms with Gasteiger partial charge in [0.1, 0.15) is 5.69 Å². The molecule has 22 heavy (non-hydrogen) atoms. The Bertz CT molecular complexity index is 810. The number of aromatic nitrogens is 3. The van der Waals surface area contributed by atoms with Crippen molar-refractivity contribution in [3.8, 4) is 11.3 Å². The van der Waals surface area contributed by atoms with Gasteiger partial charge in [-0.2, -0.15) is 5.10 Å². The highest BCUT2D eigenvalue weighted by molar-refractivity contribution is 5.92. The van der Waals surface area contributed by atoms with Crippen LogP contribution in [0.3, 0.4) is 0 Å². The molecular weight excluding hydrogens is 282 g/mol. The smallest absolute Gasteiger partial charge is 0.269 e. The first-order chi connectivity index (χ1) is 10.7. The van der Waals surface area contributed by atoms with Gasteiger partial charge in [0.2, 0.25) is 0 Å². The van der Waals surface area contributed by atoms with Crippen molar-refractivity contribution in [2.24, 2.45) is 5.73 Å². The van der Waals surface area contributed by atoms with Crippen molar-refractivity contribution in [1.82, 2.24) is 14.8 Å². The van der Waals surface area contributed by atoms with Gasteiger partial charge in [0, 0.05) is 42.0 Å². The highest BCUT2D eigenvalue weighted by Gasteiger charge is 2.13. The minimum absolute atomic E-state index is 0.0637. The summed E-state index contributed by atoms with van der Waals surface area (Å²) in [6.45, 7) is 1.32. The Hall–Kier alpha value is -2.80. The largest absolute Gasteiger partial charge is 0.330 e. The third kappa shape index (κ3) is 2.53. The van der Waals surface area contributed by atoms with Crippen LogP contribution in [0.15, 0.2) is 42.7 Å². The maximum Gasteiger partial charge on any atom is 0.269 e. The second-order valence-corrected chi connectivity index (χ2v) is 4.91. The van der Waals surface area contributed by atoms with Crippen molar-refractivity contribution in [3.05, 3.63) is 52.8 Å². The van der Waals surface area contributed by atoms with Crippen LogP contribution in [-0.4, -0.2) is 26.2 Å². The first-order valence-electron chi connectivity index (χ1n) is 6.96. The van der Waals surface area contributed by atoms with Crippen LogP contribution in [0.5, 0.6) is 0 Å². The lowest BCUT2D eigenvalue weighted by atomic mass is 10.1. The molecule has 3 aromatic rings. The topological polar surface area (TPSA) is 99.9 Å². The SMILES string of the molecule is NCCCn1nc(-c2ccc([N+](=O)[O-])cc2)c2cnccc21. The maximum atomic E-state index is 10.7. The van der Waals surface area contributed by atoms with E-state index in [1.807, 2.05) is 10.7 Å². The summed E-state index contributed by atoms with van der Waals surface area (Å²) in [6.07, 6.45) is 4.32. The number of nitrogens with two attached hydrogens (primary N) is 1. The molecule has 7 nitrogen and oxygen atoms in total. The monoisotopic (exact) mass is 297 g/mol. The summed E-state index contributed by atoms with van der Waals surface area (Å²) in [6, 6.07) is 8.29. The lowest BCUT2D eigenvalue weighted by molar-refractivity contribution is -0.384. The Balaban J connectivity index is 2.08. The maximum absolute atomic E-state index is 10.7. The van der Waals surface area contributed by atoms with Gasteiger partial charge < -0.3 is 5.73 Å². The van der Waals surface area contributed by atoms with E-state index < -0.39 is 4.92 Å². The van der Waals surface area contributed by atoms with Crippen LogP contribution < -0.4 is 5.73 Å². The molecule has 1 aromatic carbocycles. The van der Waals surface area contributed by atoms with Crippen molar-refractivity contribution in [2.75, 3.05) is 6.54 Å². The highest BCUT2D eigenvalue weighted by Crippen LogP contribution is 2.28. The van der Waals surface area contributed by atoms with Gasteiger partial charge in [-0.05, 0) is 31.2 Å². The van der Waals surface area contributed by atoms with Gasteiger partial charge in [-0.15, -0.1) is 0 Å². The number of hydrogen-bond donors (Lipinski definition) is 1. The minimum atomic E-state index is -0.413. The van der Waals surface area contributed by atoms with E-state index in [9.17, 15) is 10.1 Å². The van der Waals surface area contributed by atoms with Gasteiger partial charge in [0.25, 0.3) is 5.69 Å². The molecule has 0 saturated carbocycles. The second kappa shape index (κ2) is 5.90. The van der Waals surface area contributed by atoms with Crippen molar-refractivity contribution in [3.63, 3.8) is 0 Å². The molecule has 0 atom stereocenters. The Morgan fingerprint density at radius 1 is 1.23 bits per heavy atom. The summed E-state index contributed by atoms with van der Waals surface area (Å²) >= 11 is 0. The Morgan fingerprint density at radius 2 is 2.00 bits per heavy atom. The molecule has 3 rings (SSSR count). The third-order valence-corrected chi connectivity index (χ3v) is 3.48. The molecule has 0 unspecified atom stereocenters. The van der Waals surface area contributed by atoms with Crippen LogP contribution in [-0.2, 0) is 6.54 Å². The number of hydrogen-bond acceptors (Lipinski definition) is 5. The number of benzene rings is 1. The van der Waals surface area contributed by atoms with Gasteiger partial charge in [-0.3, -0.25) is 19.8 Å². The first kappa shape index (κ1) is 14.2. The minimum Gasteiger partial charge on any atom is -0.330 e. The van der Waals surface area contributed by atoms with Gasteiger partial charge >= 0.3 is 0 Å². The quantitative estimate of drug-likeness (QED) is 0.575. The van der Waals surface area contributed by atoms with Crippen molar-refractivity contribution in [1.29, 1.82) is 0 Å². The summed E-state index contributed by atoms with van der Waals surface area (Å²) in [5.74, 6) is 0. The molecule has 0 aliphatic rings. The number of rotatable bonds is 5. The number of non-ortho nitro benzene ring substituents is 1. The molecule has 0 bridgehead atoms. The van der Waals surface area contributed by atoms with Crippen molar-refractivity contribution >= 4 is 16.6 Å². The fourth-order valence-corrected chi connectivity index (χ4v) is 2.39. The van der Waals surface area contributed by atoms with E-state index in [0.29, 0.717) is 6.54 Å². The number of nitro benzene ring substituents is 1. The van der Waals surface area contributed by atoms with E-state index in [2.05, 4.69) is 10.1 Å². The van der Waals surface area contributed by atoms with E-state index in [1.165, 1.54) is 12.1 Å². The van der Waals surface area contributed by atoms with E-state index in [0.717, 1.165) is 35.1 Å². The van der Waals surface area contributed by atoms with E-state index in [4.69, 9.17) is 5.73 Å². The summed E-state index contributed by atoms with van der Waals surface area (Å²) in [5, 5.41) is 16.3. The average Bonchev–Trinajstić information content (AvgIpc) is 2.92. The fraction of sp³-hybridized carbons (Fsp3) is 0.200. The Morgan fingerprint density at radius 3 is 2.68 bits per heavy atom. The van der Waals surface area contributed by atoms with E-state index in [-0.39, 0.29) is 5.69 Å². The van der Waals surface area contributed by atoms with Crippen LogP contribution in [0.1, 0.15) is 6.42 Å². The van der Waals surface area contributed by atoms with Gasteiger partial charge in [0.05, 0.1) is 10.4 Å². The van der Waals surface area contributed by atoms with Crippen LogP contribution >= 0.6 is 0 Å². The number of aryl methyl sites for hydroxylation is 1. The van der Waals surface area contributed by atoms with Crippen LogP contribution in [0.4, 0.5) is 5.69 Å². The fourth-order valence-electron chi connectivity index (χ4n) is 2.39. The number of nitro groups is 1. The summed E-state index contributed by atoms with van der Waals surface area (Å²) in [5.41, 5.74) is 8.21.